The van der Waals surface area contributed by atoms with Gasteiger partial charge < -0.3 is 9.47 Å². The molecule has 138 valence electrons. The van der Waals surface area contributed by atoms with Crippen LogP contribution in [0, 0.1) is 12.7 Å². The van der Waals surface area contributed by atoms with Gasteiger partial charge in [-0.15, -0.1) is 0 Å². The third-order valence-corrected chi connectivity index (χ3v) is 5.40. The van der Waals surface area contributed by atoms with E-state index < -0.39 is 10.0 Å². The van der Waals surface area contributed by atoms with Gasteiger partial charge in [-0.1, -0.05) is 18.2 Å². The van der Waals surface area contributed by atoms with Crippen molar-refractivity contribution in [2.75, 3.05) is 6.79 Å². The van der Waals surface area contributed by atoms with E-state index in [0.29, 0.717) is 17.1 Å². The van der Waals surface area contributed by atoms with Crippen molar-refractivity contribution in [1.82, 2.24) is 0 Å². The van der Waals surface area contributed by atoms with Crippen LogP contribution in [0.4, 0.5) is 4.39 Å². The lowest BCUT2D eigenvalue weighted by atomic mass is 9.93. The number of aryl methyl sites for hydroxylation is 1. The maximum absolute atomic E-state index is 13.7. The second-order valence-electron chi connectivity index (χ2n) is 6.28. The highest BCUT2D eigenvalue weighted by Crippen LogP contribution is 2.43. The average molecular weight is 385 g/mol. The van der Waals surface area contributed by atoms with Gasteiger partial charge in [-0.3, -0.25) is 0 Å². The molecule has 0 aliphatic carbocycles. The minimum Gasteiger partial charge on any atom is -0.454 e. The van der Waals surface area contributed by atoms with Crippen LogP contribution in [0.3, 0.4) is 0 Å². The molecule has 0 radical (unpaired) electrons. The van der Waals surface area contributed by atoms with Crippen LogP contribution in [0.5, 0.6) is 11.5 Å². The van der Waals surface area contributed by atoms with Crippen molar-refractivity contribution in [3.8, 4) is 33.8 Å². The fourth-order valence-electron chi connectivity index (χ4n) is 3.06. The number of nitrogens with two attached hydrogens (primary N) is 1. The van der Waals surface area contributed by atoms with E-state index in [2.05, 4.69) is 0 Å². The first-order valence-electron chi connectivity index (χ1n) is 8.16. The summed E-state index contributed by atoms with van der Waals surface area (Å²) in [6.45, 7) is 1.83. The molecule has 0 aromatic heterocycles. The Balaban J connectivity index is 1.90. The highest BCUT2D eigenvalue weighted by Gasteiger charge is 2.20. The van der Waals surface area contributed by atoms with E-state index in [9.17, 15) is 12.8 Å². The van der Waals surface area contributed by atoms with E-state index in [0.717, 1.165) is 22.3 Å². The molecule has 0 saturated heterocycles. The number of fused-ring (bicyclic) bond motifs is 1. The van der Waals surface area contributed by atoms with Crippen LogP contribution in [0.15, 0.2) is 59.5 Å². The summed E-state index contributed by atoms with van der Waals surface area (Å²) in [5, 5.41) is 5.17. The Morgan fingerprint density at radius 1 is 0.889 bits per heavy atom. The molecular formula is C20H16FNO4S. The van der Waals surface area contributed by atoms with Crippen LogP contribution >= 0.6 is 0 Å². The van der Waals surface area contributed by atoms with Gasteiger partial charge in [0, 0.05) is 0 Å². The predicted octanol–water partition coefficient (Wildman–Crippen LogP) is 3.84. The van der Waals surface area contributed by atoms with E-state index >= 15 is 0 Å². The number of benzene rings is 3. The van der Waals surface area contributed by atoms with Gasteiger partial charge in [0.2, 0.25) is 16.8 Å². The van der Waals surface area contributed by atoms with Gasteiger partial charge in [0.1, 0.15) is 5.82 Å². The molecule has 27 heavy (non-hydrogen) atoms. The van der Waals surface area contributed by atoms with Crippen LogP contribution in [-0.4, -0.2) is 15.2 Å². The first-order chi connectivity index (χ1) is 12.8. The Hall–Kier alpha value is -2.90. The topological polar surface area (TPSA) is 78.6 Å². The molecular weight excluding hydrogens is 369 g/mol. The normalized spacial score (nSPS) is 13.0. The fourth-order valence-corrected chi connectivity index (χ4v) is 3.57. The lowest BCUT2D eigenvalue weighted by Gasteiger charge is -2.13. The van der Waals surface area contributed by atoms with Gasteiger partial charge in [-0.25, -0.2) is 17.9 Å². The molecule has 3 aromatic rings. The van der Waals surface area contributed by atoms with Crippen LogP contribution in [0.25, 0.3) is 22.3 Å². The Labute approximate surface area is 156 Å². The SMILES string of the molecule is Cc1cc(-c2cc3c(cc2-c2ccc(S(N)(=O)=O)cc2)OCO3)ccc1F. The van der Waals surface area contributed by atoms with Gasteiger partial charge >= 0.3 is 0 Å². The molecule has 0 bridgehead atoms. The molecule has 7 heteroatoms. The fraction of sp³-hybridized carbons (Fsp3) is 0.100. The summed E-state index contributed by atoms with van der Waals surface area (Å²) >= 11 is 0. The van der Waals surface area contributed by atoms with Crippen LogP contribution in [0.2, 0.25) is 0 Å². The van der Waals surface area contributed by atoms with Crippen molar-refractivity contribution < 1.29 is 22.3 Å². The van der Waals surface area contributed by atoms with Crippen molar-refractivity contribution in [2.24, 2.45) is 5.14 Å². The second kappa shape index (κ2) is 6.37. The van der Waals surface area contributed by atoms with E-state index in [4.69, 9.17) is 14.6 Å². The van der Waals surface area contributed by atoms with Gasteiger partial charge in [0.15, 0.2) is 11.5 Å². The van der Waals surface area contributed by atoms with Crippen LogP contribution in [-0.2, 0) is 10.0 Å². The average Bonchev–Trinajstić information content (AvgIpc) is 3.10. The molecule has 4 rings (SSSR count). The van der Waals surface area contributed by atoms with E-state index in [-0.39, 0.29) is 17.5 Å². The molecule has 1 aliphatic rings. The third-order valence-electron chi connectivity index (χ3n) is 4.48. The van der Waals surface area contributed by atoms with Crippen molar-refractivity contribution >= 4 is 10.0 Å². The summed E-state index contributed by atoms with van der Waals surface area (Å²) in [5.41, 5.74) is 3.76. The maximum Gasteiger partial charge on any atom is 0.238 e. The molecule has 1 aliphatic heterocycles. The van der Waals surface area contributed by atoms with Crippen molar-refractivity contribution in [3.63, 3.8) is 0 Å². The largest absolute Gasteiger partial charge is 0.454 e. The summed E-state index contributed by atoms with van der Waals surface area (Å²) in [5.74, 6) is 0.929. The third kappa shape index (κ3) is 3.27. The molecule has 2 N–H and O–H groups in total. The lowest BCUT2D eigenvalue weighted by molar-refractivity contribution is 0.174. The van der Waals surface area contributed by atoms with Crippen molar-refractivity contribution in [3.05, 3.63) is 66.0 Å². The van der Waals surface area contributed by atoms with E-state index in [1.165, 1.54) is 18.2 Å². The Morgan fingerprint density at radius 2 is 1.44 bits per heavy atom. The molecule has 0 amide bonds. The predicted molar refractivity (Wildman–Crippen MR) is 99.5 cm³/mol. The zero-order valence-corrected chi connectivity index (χ0v) is 15.2. The molecule has 0 atom stereocenters. The van der Waals surface area contributed by atoms with E-state index in [1.54, 1.807) is 31.2 Å². The Kier molecular flexibility index (Phi) is 4.13. The number of hydrogen-bond acceptors (Lipinski definition) is 4. The number of ether oxygens (including phenoxy) is 2. The molecule has 0 unspecified atom stereocenters. The van der Waals surface area contributed by atoms with Crippen LogP contribution < -0.4 is 14.6 Å². The molecule has 0 spiro atoms. The summed E-state index contributed by atoms with van der Waals surface area (Å²) in [4.78, 5) is 0.0335. The van der Waals surface area contributed by atoms with Gasteiger partial charge in [-0.2, -0.15) is 0 Å². The molecule has 0 fully saturated rings. The molecule has 0 saturated carbocycles. The standard InChI is InChI=1S/C20H16FNO4S/c1-12-8-14(4-7-18(12)21)17-10-20-19(25-11-26-20)9-16(17)13-2-5-15(6-3-13)27(22,23)24/h2-10H,11H2,1H3,(H2,22,23,24). The number of hydrogen-bond donors (Lipinski definition) is 1. The summed E-state index contributed by atoms with van der Waals surface area (Å²) in [6, 6.07) is 14.8. The second-order valence-corrected chi connectivity index (χ2v) is 7.85. The summed E-state index contributed by atoms with van der Waals surface area (Å²) in [7, 11) is -3.77. The first-order valence-corrected chi connectivity index (χ1v) is 9.71. The smallest absolute Gasteiger partial charge is 0.238 e. The minimum atomic E-state index is -3.77. The summed E-state index contributed by atoms with van der Waals surface area (Å²) < 4.78 is 47.6. The highest BCUT2D eigenvalue weighted by atomic mass is 32.2. The van der Waals surface area contributed by atoms with Crippen molar-refractivity contribution in [2.45, 2.75) is 11.8 Å². The number of halogens is 1. The monoisotopic (exact) mass is 385 g/mol. The molecule has 3 aromatic carbocycles. The zero-order chi connectivity index (χ0) is 19.2. The van der Waals surface area contributed by atoms with Gasteiger partial charge in [-0.05, 0) is 71.1 Å². The maximum atomic E-state index is 13.7. The highest BCUT2D eigenvalue weighted by molar-refractivity contribution is 7.89. The summed E-state index contributed by atoms with van der Waals surface area (Å²) in [6.07, 6.45) is 0. The lowest BCUT2D eigenvalue weighted by Crippen LogP contribution is -2.11. The van der Waals surface area contributed by atoms with Crippen molar-refractivity contribution in [1.29, 1.82) is 0 Å². The zero-order valence-electron chi connectivity index (χ0n) is 14.4. The molecule has 1 heterocycles. The van der Waals surface area contributed by atoms with Gasteiger partial charge in [0.25, 0.3) is 0 Å². The van der Waals surface area contributed by atoms with E-state index in [1.807, 2.05) is 12.1 Å². The number of sulfonamides is 1. The minimum absolute atomic E-state index is 0.0335. The number of primary sulfonamides is 1. The Morgan fingerprint density at radius 3 is 2.00 bits per heavy atom. The molecule has 5 nitrogen and oxygen atoms in total. The number of rotatable bonds is 3. The first kappa shape index (κ1) is 17.5. The Bertz CT molecular complexity index is 1140. The van der Waals surface area contributed by atoms with Gasteiger partial charge in [0.05, 0.1) is 4.90 Å². The van der Waals surface area contributed by atoms with Crippen LogP contribution in [0.1, 0.15) is 5.56 Å². The quantitative estimate of drug-likeness (QED) is 0.743.